The summed E-state index contributed by atoms with van der Waals surface area (Å²) in [6, 6.07) is 9.57. The van der Waals surface area contributed by atoms with Crippen molar-refractivity contribution in [3.8, 4) is 11.8 Å². The quantitative estimate of drug-likeness (QED) is 0.737. The van der Waals surface area contributed by atoms with Crippen LogP contribution in [-0.4, -0.2) is 43.6 Å². The summed E-state index contributed by atoms with van der Waals surface area (Å²) in [5.74, 6) is 0.871. The van der Waals surface area contributed by atoms with E-state index in [1.807, 2.05) is 11.9 Å². The van der Waals surface area contributed by atoms with E-state index in [0.717, 1.165) is 31.6 Å². The summed E-state index contributed by atoms with van der Waals surface area (Å²) in [6.07, 6.45) is 3.09. The lowest BCUT2D eigenvalue weighted by Gasteiger charge is -2.16. The Bertz CT molecular complexity index is 503. The maximum Gasteiger partial charge on any atom is 0.234 e. The highest BCUT2D eigenvalue weighted by atomic mass is 16.5. The third-order valence-electron chi connectivity index (χ3n) is 3.29. The summed E-state index contributed by atoms with van der Waals surface area (Å²) in [6.45, 7) is 1.85. The van der Waals surface area contributed by atoms with Gasteiger partial charge in [-0.1, -0.05) is 0 Å². The number of nitriles is 1. The monoisotopic (exact) mass is 287 g/mol. The van der Waals surface area contributed by atoms with Crippen LogP contribution in [0.4, 0.5) is 0 Å². The van der Waals surface area contributed by atoms with Crippen molar-refractivity contribution in [3.63, 3.8) is 0 Å². The topological polar surface area (TPSA) is 65.4 Å². The number of nitrogens with zero attached hydrogens (tertiary/aromatic N) is 2. The molecule has 0 heterocycles. The minimum Gasteiger partial charge on any atom is -0.494 e. The Morgan fingerprint density at radius 2 is 2.14 bits per heavy atom. The molecule has 1 fully saturated rings. The number of rotatable bonds is 8. The first-order valence-corrected chi connectivity index (χ1v) is 7.28. The highest BCUT2D eigenvalue weighted by molar-refractivity contribution is 5.78. The molecule has 1 aliphatic carbocycles. The molecular formula is C16H21N3O2. The number of hydrogen-bond donors (Lipinski definition) is 1. The van der Waals surface area contributed by atoms with Crippen molar-refractivity contribution in [2.75, 3.05) is 26.7 Å². The lowest BCUT2D eigenvalue weighted by molar-refractivity contribution is -0.122. The van der Waals surface area contributed by atoms with E-state index < -0.39 is 0 Å². The maximum atomic E-state index is 11.6. The molecule has 1 aromatic carbocycles. The van der Waals surface area contributed by atoms with Crippen LogP contribution in [0.5, 0.6) is 5.75 Å². The van der Waals surface area contributed by atoms with Crippen LogP contribution in [0.3, 0.4) is 0 Å². The fourth-order valence-electron chi connectivity index (χ4n) is 1.98. The zero-order valence-corrected chi connectivity index (χ0v) is 12.3. The number of carbonyl (C=O) groups excluding carboxylic acids is 1. The van der Waals surface area contributed by atoms with Gasteiger partial charge in [0.05, 0.1) is 24.8 Å². The van der Waals surface area contributed by atoms with Crippen molar-refractivity contribution < 1.29 is 9.53 Å². The van der Waals surface area contributed by atoms with Gasteiger partial charge in [0.15, 0.2) is 0 Å². The normalized spacial score (nSPS) is 13.8. The van der Waals surface area contributed by atoms with Crippen molar-refractivity contribution in [2.24, 2.45) is 0 Å². The molecule has 0 radical (unpaired) electrons. The van der Waals surface area contributed by atoms with E-state index in [0.29, 0.717) is 24.8 Å². The summed E-state index contributed by atoms with van der Waals surface area (Å²) < 4.78 is 5.60. The SMILES string of the molecule is CN(CCCOc1ccc(C#N)cc1)CC(=O)NC1CC1. The second-order valence-corrected chi connectivity index (χ2v) is 5.42. The Labute approximate surface area is 125 Å². The first-order chi connectivity index (χ1) is 10.2. The van der Waals surface area contributed by atoms with E-state index in [2.05, 4.69) is 11.4 Å². The zero-order chi connectivity index (χ0) is 15.1. The predicted molar refractivity (Wildman–Crippen MR) is 79.9 cm³/mol. The molecule has 112 valence electrons. The van der Waals surface area contributed by atoms with Crippen LogP contribution < -0.4 is 10.1 Å². The predicted octanol–water partition coefficient (Wildman–Crippen LogP) is 1.54. The second-order valence-electron chi connectivity index (χ2n) is 5.42. The van der Waals surface area contributed by atoms with Gasteiger partial charge in [0, 0.05) is 12.6 Å². The maximum absolute atomic E-state index is 11.6. The van der Waals surface area contributed by atoms with E-state index in [1.165, 1.54) is 0 Å². The van der Waals surface area contributed by atoms with Gasteiger partial charge < -0.3 is 10.1 Å². The number of likely N-dealkylation sites (N-methyl/N-ethyl adjacent to an activating group) is 1. The highest BCUT2D eigenvalue weighted by Gasteiger charge is 2.23. The lowest BCUT2D eigenvalue weighted by Crippen LogP contribution is -2.36. The number of carbonyl (C=O) groups is 1. The van der Waals surface area contributed by atoms with Crippen molar-refractivity contribution in [1.29, 1.82) is 5.26 Å². The standard InChI is InChI=1S/C16H21N3O2/c1-19(12-16(20)18-14-5-6-14)9-2-10-21-15-7-3-13(11-17)4-8-15/h3-4,7-8,14H,2,5-6,9-10,12H2,1H3,(H,18,20). The number of nitrogens with one attached hydrogen (secondary N) is 1. The van der Waals surface area contributed by atoms with Gasteiger partial charge in [-0.05, 0) is 50.6 Å². The molecule has 0 atom stereocenters. The molecule has 0 bridgehead atoms. The number of ether oxygens (including phenoxy) is 1. The number of amides is 1. The minimum atomic E-state index is 0.105. The Morgan fingerprint density at radius 3 is 2.76 bits per heavy atom. The van der Waals surface area contributed by atoms with Crippen molar-refractivity contribution in [3.05, 3.63) is 29.8 Å². The van der Waals surface area contributed by atoms with E-state index in [1.54, 1.807) is 24.3 Å². The molecule has 1 saturated carbocycles. The molecule has 1 aliphatic rings. The van der Waals surface area contributed by atoms with E-state index in [4.69, 9.17) is 10.00 Å². The molecule has 2 rings (SSSR count). The first-order valence-electron chi connectivity index (χ1n) is 7.28. The molecule has 1 amide bonds. The summed E-state index contributed by atoms with van der Waals surface area (Å²) in [5, 5.41) is 11.7. The van der Waals surface area contributed by atoms with E-state index >= 15 is 0 Å². The van der Waals surface area contributed by atoms with Crippen LogP contribution >= 0.6 is 0 Å². The average molecular weight is 287 g/mol. The molecule has 21 heavy (non-hydrogen) atoms. The summed E-state index contributed by atoms with van der Waals surface area (Å²) >= 11 is 0. The fourth-order valence-corrected chi connectivity index (χ4v) is 1.98. The summed E-state index contributed by atoms with van der Waals surface area (Å²) in [7, 11) is 1.94. The summed E-state index contributed by atoms with van der Waals surface area (Å²) in [5.41, 5.74) is 0.628. The van der Waals surface area contributed by atoms with Gasteiger partial charge in [-0.15, -0.1) is 0 Å². The zero-order valence-electron chi connectivity index (χ0n) is 12.3. The fraction of sp³-hybridized carbons (Fsp3) is 0.500. The molecule has 5 nitrogen and oxygen atoms in total. The largest absolute Gasteiger partial charge is 0.494 e. The van der Waals surface area contributed by atoms with Crippen molar-refractivity contribution in [2.45, 2.75) is 25.3 Å². The first kappa shape index (κ1) is 15.3. The van der Waals surface area contributed by atoms with Gasteiger partial charge in [-0.3, -0.25) is 9.69 Å². The van der Waals surface area contributed by atoms with Crippen LogP contribution in [0.15, 0.2) is 24.3 Å². The van der Waals surface area contributed by atoms with Gasteiger partial charge in [0.2, 0.25) is 5.91 Å². The van der Waals surface area contributed by atoms with Gasteiger partial charge in [-0.2, -0.15) is 5.26 Å². The molecule has 1 aromatic rings. The smallest absolute Gasteiger partial charge is 0.234 e. The van der Waals surface area contributed by atoms with Gasteiger partial charge in [0.25, 0.3) is 0 Å². The molecule has 0 spiro atoms. The number of benzene rings is 1. The van der Waals surface area contributed by atoms with E-state index in [-0.39, 0.29) is 5.91 Å². The Balaban J connectivity index is 1.57. The van der Waals surface area contributed by atoms with Crippen LogP contribution in [0, 0.1) is 11.3 Å². The highest BCUT2D eigenvalue weighted by Crippen LogP contribution is 2.18. The Morgan fingerprint density at radius 1 is 1.43 bits per heavy atom. The molecule has 1 N–H and O–H groups in total. The molecular weight excluding hydrogens is 266 g/mol. The van der Waals surface area contributed by atoms with Crippen LogP contribution in [-0.2, 0) is 4.79 Å². The summed E-state index contributed by atoms with van der Waals surface area (Å²) in [4.78, 5) is 13.6. The number of hydrogen-bond acceptors (Lipinski definition) is 4. The molecule has 5 heteroatoms. The second kappa shape index (κ2) is 7.65. The van der Waals surface area contributed by atoms with Gasteiger partial charge in [0.1, 0.15) is 5.75 Å². The molecule has 0 unspecified atom stereocenters. The van der Waals surface area contributed by atoms with Crippen molar-refractivity contribution >= 4 is 5.91 Å². The average Bonchev–Trinajstić information content (AvgIpc) is 3.28. The minimum absolute atomic E-state index is 0.105. The lowest BCUT2D eigenvalue weighted by atomic mass is 10.2. The van der Waals surface area contributed by atoms with Crippen LogP contribution in [0.2, 0.25) is 0 Å². The molecule has 0 aromatic heterocycles. The van der Waals surface area contributed by atoms with Gasteiger partial charge >= 0.3 is 0 Å². The van der Waals surface area contributed by atoms with Crippen LogP contribution in [0.1, 0.15) is 24.8 Å². The third kappa shape index (κ3) is 5.84. The van der Waals surface area contributed by atoms with Crippen LogP contribution in [0.25, 0.3) is 0 Å². The van der Waals surface area contributed by atoms with Crippen molar-refractivity contribution in [1.82, 2.24) is 10.2 Å². The molecule has 0 aliphatic heterocycles. The molecule has 0 saturated heterocycles. The third-order valence-corrected chi connectivity index (χ3v) is 3.29. The van der Waals surface area contributed by atoms with Gasteiger partial charge in [-0.25, -0.2) is 0 Å². The van der Waals surface area contributed by atoms with E-state index in [9.17, 15) is 4.79 Å². The Kier molecular flexibility index (Phi) is 5.59. The Hall–Kier alpha value is -2.06.